The zero-order chi connectivity index (χ0) is 18.8. The number of carbonyl (C=O) groups excluding carboxylic acids is 1. The lowest BCUT2D eigenvalue weighted by Gasteiger charge is -2.28. The predicted octanol–water partition coefficient (Wildman–Crippen LogP) is 1.56. The molecule has 1 fully saturated rings. The van der Waals surface area contributed by atoms with Gasteiger partial charge in [0.25, 0.3) is 5.91 Å². The van der Waals surface area contributed by atoms with Crippen LogP contribution in [0.3, 0.4) is 0 Å². The molecule has 2 aromatic carbocycles. The van der Waals surface area contributed by atoms with E-state index in [2.05, 4.69) is 23.1 Å². The summed E-state index contributed by atoms with van der Waals surface area (Å²) in [5.41, 5.74) is 7.47. The van der Waals surface area contributed by atoms with Gasteiger partial charge in [-0.05, 0) is 36.8 Å². The van der Waals surface area contributed by atoms with Crippen LogP contribution < -0.4 is 30.4 Å². The normalized spacial score (nSPS) is 26.4. The molecule has 2 aliphatic heterocycles. The number of amides is 1. The fourth-order valence-corrected chi connectivity index (χ4v) is 3.52. The molecule has 0 aromatic heterocycles. The highest BCUT2D eigenvalue weighted by Crippen LogP contribution is 2.31. The van der Waals surface area contributed by atoms with Gasteiger partial charge < -0.3 is 19.5 Å². The van der Waals surface area contributed by atoms with Gasteiger partial charge in [-0.15, -0.1) is 0 Å². The first-order chi connectivity index (χ1) is 13.2. The Morgan fingerprint density at radius 1 is 1.11 bits per heavy atom. The molecule has 1 saturated heterocycles. The van der Waals surface area contributed by atoms with E-state index in [0.717, 1.165) is 11.3 Å². The summed E-state index contributed by atoms with van der Waals surface area (Å²) >= 11 is 0. The van der Waals surface area contributed by atoms with E-state index in [-0.39, 0.29) is 30.6 Å². The van der Waals surface area contributed by atoms with Gasteiger partial charge >= 0.3 is 0 Å². The van der Waals surface area contributed by atoms with Gasteiger partial charge in [0.1, 0.15) is 18.5 Å². The van der Waals surface area contributed by atoms with Crippen molar-refractivity contribution in [3.63, 3.8) is 0 Å². The monoisotopic (exact) mass is 369 g/mol. The number of methoxy groups -OCH3 is 1. The maximum Gasteiger partial charge on any atom is 0.265 e. The van der Waals surface area contributed by atoms with E-state index >= 15 is 0 Å². The van der Waals surface area contributed by atoms with Crippen LogP contribution in [0.2, 0.25) is 0 Å². The summed E-state index contributed by atoms with van der Waals surface area (Å²) in [5.74, 6) is 1.90. The lowest BCUT2D eigenvalue weighted by atomic mass is 9.91. The summed E-state index contributed by atoms with van der Waals surface area (Å²) in [6.45, 7) is 2.26. The van der Waals surface area contributed by atoms with Gasteiger partial charge in [-0.3, -0.25) is 10.2 Å². The minimum Gasteiger partial charge on any atom is -0.497 e. The highest BCUT2D eigenvalue weighted by molar-refractivity contribution is 5.82. The van der Waals surface area contributed by atoms with Crippen LogP contribution in [0, 0.1) is 0 Å². The van der Waals surface area contributed by atoms with Crippen molar-refractivity contribution in [3.8, 4) is 17.2 Å². The zero-order valence-electron chi connectivity index (χ0n) is 15.3. The third-order valence-electron chi connectivity index (χ3n) is 4.96. The van der Waals surface area contributed by atoms with Gasteiger partial charge in [0, 0.05) is 12.0 Å². The summed E-state index contributed by atoms with van der Waals surface area (Å²) in [6.07, 6.45) is -0.948. The maximum absolute atomic E-state index is 12.7. The molecule has 2 aliphatic rings. The second-order valence-electron chi connectivity index (χ2n) is 6.73. The molecule has 0 spiro atoms. The fraction of sp³-hybridized carbons (Fsp3) is 0.350. The van der Waals surface area contributed by atoms with Crippen LogP contribution in [0.1, 0.15) is 18.4 Å². The topological polar surface area (TPSA) is 80.9 Å². The largest absolute Gasteiger partial charge is 0.497 e. The summed E-state index contributed by atoms with van der Waals surface area (Å²) in [7, 11) is 1.64. The fourth-order valence-electron chi connectivity index (χ4n) is 3.52. The highest BCUT2D eigenvalue weighted by atomic mass is 16.6. The molecule has 1 amide bonds. The van der Waals surface area contributed by atoms with Gasteiger partial charge in [0.2, 0.25) is 6.10 Å². The highest BCUT2D eigenvalue weighted by Gasteiger charge is 2.37. The number of benzene rings is 2. The molecule has 7 heteroatoms. The first-order valence-electron chi connectivity index (χ1n) is 8.99. The second-order valence-corrected chi connectivity index (χ2v) is 6.73. The second kappa shape index (κ2) is 7.46. The van der Waals surface area contributed by atoms with Crippen LogP contribution in [0.15, 0.2) is 48.5 Å². The number of hydrogen-bond acceptors (Lipinski definition) is 6. The molecule has 4 atom stereocenters. The van der Waals surface area contributed by atoms with E-state index in [9.17, 15) is 4.79 Å². The summed E-state index contributed by atoms with van der Waals surface area (Å²) in [4.78, 5) is 12.7. The summed E-state index contributed by atoms with van der Waals surface area (Å²) < 4.78 is 16.7. The van der Waals surface area contributed by atoms with Crippen LogP contribution in [0.5, 0.6) is 17.2 Å². The van der Waals surface area contributed by atoms with Crippen molar-refractivity contribution >= 4 is 5.91 Å². The van der Waals surface area contributed by atoms with Crippen LogP contribution in [-0.2, 0) is 4.79 Å². The number of para-hydroxylation sites is 2. The molecule has 27 heavy (non-hydrogen) atoms. The lowest BCUT2D eigenvalue weighted by molar-refractivity contribution is -0.131. The SMILES string of the molecule is COc1ccc(C2C(C)NNC2NC(=O)C2COc3ccccc3O2)cc1. The van der Waals surface area contributed by atoms with E-state index in [1.807, 2.05) is 42.5 Å². The van der Waals surface area contributed by atoms with Gasteiger partial charge in [0.15, 0.2) is 11.5 Å². The molecule has 0 saturated carbocycles. The number of rotatable bonds is 4. The van der Waals surface area contributed by atoms with Crippen molar-refractivity contribution in [1.29, 1.82) is 0 Å². The van der Waals surface area contributed by atoms with Crippen LogP contribution in [-0.4, -0.2) is 37.9 Å². The Bertz CT molecular complexity index is 811. The van der Waals surface area contributed by atoms with E-state index in [0.29, 0.717) is 11.5 Å². The Balaban J connectivity index is 1.45. The van der Waals surface area contributed by atoms with Gasteiger partial charge in [-0.1, -0.05) is 24.3 Å². The van der Waals surface area contributed by atoms with Gasteiger partial charge in [-0.25, -0.2) is 5.43 Å². The predicted molar refractivity (Wildman–Crippen MR) is 99.8 cm³/mol. The standard InChI is InChI=1S/C20H23N3O4/c1-12-18(13-7-9-14(25-2)10-8-13)19(23-22-12)21-20(24)17-11-26-15-5-3-4-6-16(15)27-17/h3-10,12,17-19,22-23H,11H2,1-2H3,(H,21,24). The first kappa shape index (κ1) is 17.6. The molecular weight excluding hydrogens is 346 g/mol. The third-order valence-corrected chi connectivity index (χ3v) is 4.96. The first-order valence-corrected chi connectivity index (χ1v) is 8.99. The molecular formula is C20H23N3O4. The van der Waals surface area contributed by atoms with Crippen LogP contribution >= 0.6 is 0 Å². The molecule has 4 rings (SSSR count). The van der Waals surface area contributed by atoms with E-state index in [1.165, 1.54) is 0 Å². The average Bonchev–Trinajstić information content (AvgIpc) is 3.07. The molecule has 142 valence electrons. The lowest BCUT2D eigenvalue weighted by Crippen LogP contribution is -2.52. The Kier molecular flexibility index (Phi) is 4.87. The molecule has 3 N–H and O–H groups in total. The minimum absolute atomic E-state index is 0.0663. The number of nitrogens with one attached hydrogen (secondary N) is 3. The summed E-state index contributed by atoms with van der Waals surface area (Å²) in [6, 6.07) is 15.4. The van der Waals surface area contributed by atoms with Crippen LogP contribution in [0.25, 0.3) is 0 Å². The minimum atomic E-state index is -0.686. The number of fused-ring (bicyclic) bond motifs is 1. The van der Waals surface area contributed by atoms with Crippen molar-refractivity contribution in [1.82, 2.24) is 16.2 Å². The van der Waals surface area contributed by atoms with E-state index < -0.39 is 6.10 Å². The maximum atomic E-state index is 12.7. The summed E-state index contributed by atoms with van der Waals surface area (Å²) in [5, 5.41) is 3.04. The quantitative estimate of drug-likeness (QED) is 0.759. The number of hydrogen-bond donors (Lipinski definition) is 3. The third kappa shape index (κ3) is 3.56. The van der Waals surface area contributed by atoms with Gasteiger partial charge in [0.05, 0.1) is 7.11 Å². The average molecular weight is 369 g/mol. The Labute approximate surface area is 158 Å². The van der Waals surface area contributed by atoms with E-state index in [1.54, 1.807) is 13.2 Å². The van der Waals surface area contributed by atoms with Crippen molar-refractivity contribution in [2.75, 3.05) is 13.7 Å². The Hall–Kier alpha value is -2.77. The van der Waals surface area contributed by atoms with E-state index in [4.69, 9.17) is 14.2 Å². The molecule has 2 aromatic rings. The Morgan fingerprint density at radius 2 is 1.85 bits per heavy atom. The van der Waals surface area contributed by atoms with Crippen LogP contribution in [0.4, 0.5) is 0 Å². The van der Waals surface area contributed by atoms with Gasteiger partial charge in [-0.2, -0.15) is 0 Å². The molecule has 2 heterocycles. The van der Waals surface area contributed by atoms with Crippen molar-refractivity contribution in [2.24, 2.45) is 0 Å². The molecule has 0 bridgehead atoms. The molecule has 4 unspecified atom stereocenters. The van der Waals surface area contributed by atoms with Crippen molar-refractivity contribution in [2.45, 2.75) is 31.2 Å². The molecule has 0 aliphatic carbocycles. The number of carbonyl (C=O) groups is 1. The smallest absolute Gasteiger partial charge is 0.265 e. The number of ether oxygens (including phenoxy) is 3. The molecule has 7 nitrogen and oxygen atoms in total. The molecule has 0 radical (unpaired) electrons. The number of hydrazine groups is 1. The zero-order valence-corrected chi connectivity index (χ0v) is 15.3. The van der Waals surface area contributed by atoms with Crippen molar-refractivity contribution < 1.29 is 19.0 Å². The Morgan fingerprint density at radius 3 is 2.59 bits per heavy atom. The van der Waals surface area contributed by atoms with Crippen molar-refractivity contribution in [3.05, 3.63) is 54.1 Å².